The Bertz CT molecular complexity index is 394. The lowest BCUT2D eigenvalue weighted by Gasteiger charge is -2.26. The highest BCUT2D eigenvalue weighted by Crippen LogP contribution is 2.07. The molecule has 1 unspecified atom stereocenters. The third kappa shape index (κ3) is 5.72. The molecule has 1 aromatic rings. The van der Waals surface area contributed by atoms with Crippen molar-refractivity contribution in [1.29, 1.82) is 0 Å². The predicted octanol–water partition coefficient (Wildman–Crippen LogP) is 2.48. The first-order chi connectivity index (χ1) is 9.58. The number of ether oxygens (including phenoxy) is 1. The molecule has 20 heavy (non-hydrogen) atoms. The van der Waals surface area contributed by atoms with Crippen LogP contribution >= 0.6 is 0 Å². The normalized spacial score (nSPS) is 13.9. The first-order valence-corrected chi connectivity index (χ1v) is 7.18. The van der Waals surface area contributed by atoms with Crippen molar-refractivity contribution in [2.75, 3.05) is 19.8 Å². The summed E-state index contributed by atoms with van der Waals surface area (Å²) in [6.07, 6.45) is 2.75. The lowest BCUT2D eigenvalue weighted by Crippen LogP contribution is -2.53. The van der Waals surface area contributed by atoms with Crippen molar-refractivity contribution in [1.82, 2.24) is 5.32 Å². The van der Waals surface area contributed by atoms with Gasteiger partial charge in [0.25, 0.3) is 0 Å². The van der Waals surface area contributed by atoms with Gasteiger partial charge in [0.05, 0.1) is 6.61 Å². The van der Waals surface area contributed by atoms with Crippen molar-refractivity contribution in [2.45, 2.75) is 38.6 Å². The summed E-state index contributed by atoms with van der Waals surface area (Å²) in [7, 11) is 0. The first kappa shape index (κ1) is 16.7. The van der Waals surface area contributed by atoms with Crippen molar-refractivity contribution in [3.05, 3.63) is 35.9 Å². The largest absolute Gasteiger partial charge is 0.480 e. The van der Waals surface area contributed by atoms with Gasteiger partial charge >= 0.3 is 5.97 Å². The smallest absolute Gasteiger partial charge is 0.326 e. The molecule has 1 rings (SSSR count). The van der Waals surface area contributed by atoms with Crippen LogP contribution in [0.2, 0.25) is 0 Å². The fourth-order valence-corrected chi connectivity index (χ4v) is 1.89. The minimum Gasteiger partial charge on any atom is -0.480 e. The zero-order chi connectivity index (χ0) is 14.8. The molecule has 0 spiro atoms. The molecule has 0 heterocycles. The Hall–Kier alpha value is -1.39. The minimum absolute atomic E-state index is 0.192. The van der Waals surface area contributed by atoms with Gasteiger partial charge in [0.15, 0.2) is 0 Å². The van der Waals surface area contributed by atoms with Gasteiger partial charge in [0.1, 0.15) is 5.54 Å². The van der Waals surface area contributed by atoms with Crippen LogP contribution in [0.3, 0.4) is 0 Å². The predicted molar refractivity (Wildman–Crippen MR) is 79.9 cm³/mol. The molecule has 0 radical (unpaired) electrons. The van der Waals surface area contributed by atoms with E-state index < -0.39 is 11.5 Å². The van der Waals surface area contributed by atoms with E-state index >= 15 is 0 Å². The number of hydrogen-bond acceptors (Lipinski definition) is 3. The summed E-state index contributed by atoms with van der Waals surface area (Å²) >= 11 is 0. The highest BCUT2D eigenvalue weighted by Gasteiger charge is 2.32. The minimum atomic E-state index is -0.997. The van der Waals surface area contributed by atoms with Gasteiger partial charge < -0.3 is 15.2 Å². The van der Waals surface area contributed by atoms with Crippen LogP contribution in [0.25, 0.3) is 0 Å². The van der Waals surface area contributed by atoms with Crippen LogP contribution in [0.4, 0.5) is 0 Å². The van der Waals surface area contributed by atoms with Crippen LogP contribution < -0.4 is 5.32 Å². The van der Waals surface area contributed by atoms with Crippen molar-refractivity contribution in [3.63, 3.8) is 0 Å². The third-order valence-corrected chi connectivity index (χ3v) is 3.22. The standard InChI is InChI=1S/C16H25NO3/c1-3-11-17-16(2,15(18)19)13-20-12-7-10-14-8-5-4-6-9-14/h4-6,8-9,17H,3,7,10-13H2,1-2H3,(H,18,19). The molecule has 112 valence electrons. The van der Waals surface area contributed by atoms with E-state index in [9.17, 15) is 9.90 Å². The number of aryl methyl sites for hydroxylation is 1. The van der Waals surface area contributed by atoms with Crippen molar-refractivity contribution in [2.24, 2.45) is 0 Å². The molecular weight excluding hydrogens is 254 g/mol. The maximum absolute atomic E-state index is 11.3. The first-order valence-electron chi connectivity index (χ1n) is 7.18. The van der Waals surface area contributed by atoms with Gasteiger partial charge in [-0.05, 0) is 38.3 Å². The molecule has 2 N–H and O–H groups in total. The monoisotopic (exact) mass is 279 g/mol. The van der Waals surface area contributed by atoms with Gasteiger partial charge in [-0.2, -0.15) is 0 Å². The molecule has 0 aliphatic heterocycles. The Morgan fingerprint density at radius 2 is 2.05 bits per heavy atom. The molecule has 4 heteroatoms. The van der Waals surface area contributed by atoms with Gasteiger partial charge in [-0.1, -0.05) is 37.3 Å². The molecule has 0 aliphatic rings. The van der Waals surface area contributed by atoms with Crippen LogP contribution in [-0.2, 0) is 16.0 Å². The van der Waals surface area contributed by atoms with Crippen LogP contribution in [0.15, 0.2) is 30.3 Å². The zero-order valence-corrected chi connectivity index (χ0v) is 12.4. The Kier molecular flexibility index (Phi) is 7.26. The summed E-state index contributed by atoms with van der Waals surface area (Å²) in [6.45, 7) is 5.12. The van der Waals surface area contributed by atoms with Gasteiger partial charge in [0, 0.05) is 6.61 Å². The molecular formula is C16H25NO3. The molecule has 0 amide bonds. The van der Waals surface area contributed by atoms with Crippen LogP contribution in [0.5, 0.6) is 0 Å². The van der Waals surface area contributed by atoms with E-state index in [1.54, 1.807) is 6.92 Å². The van der Waals surface area contributed by atoms with E-state index in [-0.39, 0.29) is 6.61 Å². The number of benzene rings is 1. The Morgan fingerprint density at radius 3 is 2.65 bits per heavy atom. The molecule has 4 nitrogen and oxygen atoms in total. The average molecular weight is 279 g/mol. The Labute approximate surface area is 121 Å². The van der Waals surface area contributed by atoms with Gasteiger partial charge in [-0.25, -0.2) is 0 Å². The highest BCUT2D eigenvalue weighted by molar-refractivity contribution is 5.78. The van der Waals surface area contributed by atoms with Crippen molar-refractivity contribution < 1.29 is 14.6 Å². The van der Waals surface area contributed by atoms with Gasteiger partial charge in [-0.15, -0.1) is 0 Å². The molecule has 0 bridgehead atoms. The zero-order valence-electron chi connectivity index (χ0n) is 12.4. The summed E-state index contributed by atoms with van der Waals surface area (Å²) in [5.74, 6) is -0.867. The molecule has 1 atom stereocenters. The maximum atomic E-state index is 11.3. The number of carboxylic acid groups (broad SMARTS) is 1. The molecule has 0 aromatic heterocycles. The van der Waals surface area contributed by atoms with E-state index in [2.05, 4.69) is 17.4 Å². The summed E-state index contributed by atoms with van der Waals surface area (Å²) in [5.41, 5.74) is 0.282. The number of nitrogens with one attached hydrogen (secondary N) is 1. The molecule has 0 saturated carbocycles. The molecule has 0 aliphatic carbocycles. The quantitative estimate of drug-likeness (QED) is 0.646. The maximum Gasteiger partial charge on any atom is 0.326 e. The summed E-state index contributed by atoms with van der Waals surface area (Å²) in [4.78, 5) is 11.3. The SMILES string of the molecule is CCCNC(C)(COCCCc1ccccc1)C(=O)O. The fourth-order valence-electron chi connectivity index (χ4n) is 1.89. The Balaban J connectivity index is 2.25. The summed E-state index contributed by atoms with van der Waals surface area (Å²) in [5, 5.41) is 12.3. The summed E-state index contributed by atoms with van der Waals surface area (Å²) < 4.78 is 5.54. The molecule has 0 fully saturated rings. The van der Waals surface area contributed by atoms with Crippen LogP contribution in [-0.4, -0.2) is 36.4 Å². The van der Waals surface area contributed by atoms with E-state index in [1.807, 2.05) is 25.1 Å². The van der Waals surface area contributed by atoms with E-state index in [4.69, 9.17) is 4.74 Å². The van der Waals surface area contributed by atoms with E-state index in [1.165, 1.54) is 5.56 Å². The number of hydrogen-bond donors (Lipinski definition) is 2. The van der Waals surface area contributed by atoms with Crippen molar-refractivity contribution >= 4 is 5.97 Å². The number of carboxylic acids is 1. The average Bonchev–Trinajstić information content (AvgIpc) is 2.45. The van der Waals surface area contributed by atoms with Crippen LogP contribution in [0, 0.1) is 0 Å². The second-order valence-corrected chi connectivity index (χ2v) is 5.21. The molecule has 1 aromatic carbocycles. The topological polar surface area (TPSA) is 58.6 Å². The lowest BCUT2D eigenvalue weighted by molar-refractivity contribution is -0.146. The third-order valence-electron chi connectivity index (χ3n) is 3.22. The number of carbonyl (C=O) groups is 1. The van der Waals surface area contributed by atoms with Gasteiger partial charge in [0.2, 0.25) is 0 Å². The van der Waals surface area contributed by atoms with E-state index in [0.29, 0.717) is 13.2 Å². The second kappa shape index (κ2) is 8.72. The number of aliphatic carboxylic acids is 1. The summed E-state index contributed by atoms with van der Waals surface area (Å²) in [6, 6.07) is 10.2. The van der Waals surface area contributed by atoms with Crippen molar-refractivity contribution in [3.8, 4) is 0 Å². The number of rotatable bonds is 10. The van der Waals surface area contributed by atoms with E-state index in [0.717, 1.165) is 19.3 Å². The highest BCUT2D eigenvalue weighted by atomic mass is 16.5. The fraction of sp³-hybridized carbons (Fsp3) is 0.562. The molecule has 0 saturated heterocycles. The van der Waals surface area contributed by atoms with Crippen LogP contribution in [0.1, 0.15) is 32.3 Å². The van der Waals surface area contributed by atoms with Gasteiger partial charge in [-0.3, -0.25) is 4.79 Å². The second-order valence-electron chi connectivity index (χ2n) is 5.21. The lowest BCUT2D eigenvalue weighted by atomic mass is 10.0. The Morgan fingerprint density at radius 1 is 1.35 bits per heavy atom.